The van der Waals surface area contributed by atoms with E-state index < -0.39 is 18.4 Å². The van der Waals surface area contributed by atoms with Gasteiger partial charge >= 0.3 is 5.97 Å². The van der Waals surface area contributed by atoms with E-state index in [9.17, 15) is 14.9 Å². The second-order valence-electron chi connectivity index (χ2n) is 5.98. The van der Waals surface area contributed by atoms with Gasteiger partial charge in [0.15, 0.2) is 23.9 Å². The third-order valence-electron chi connectivity index (χ3n) is 4.26. The maximum atomic E-state index is 12.5. The van der Waals surface area contributed by atoms with E-state index in [2.05, 4.69) is 0 Å². The Morgan fingerprint density at radius 1 is 1.14 bits per heavy atom. The minimum Gasteiger partial charge on any atom is -0.493 e. The average Bonchev–Trinajstić information content (AvgIpc) is 3.38. The van der Waals surface area contributed by atoms with Crippen LogP contribution in [0.3, 0.4) is 0 Å². The molecule has 8 nitrogen and oxygen atoms in total. The Morgan fingerprint density at radius 3 is 2.45 bits per heavy atom. The van der Waals surface area contributed by atoms with Crippen LogP contribution in [0.4, 0.5) is 0 Å². The summed E-state index contributed by atoms with van der Waals surface area (Å²) in [4.78, 5) is 25.0. The van der Waals surface area contributed by atoms with Crippen molar-refractivity contribution in [3.8, 4) is 23.5 Å². The Bertz CT molecular complexity index is 1090. The molecule has 148 valence electrons. The summed E-state index contributed by atoms with van der Waals surface area (Å²) in [6.07, 6.45) is 3.38. The van der Waals surface area contributed by atoms with E-state index in [0.717, 1.165) is 0 Å². The Balaban J connectivity index is 1.78. The minimum absolute atomic E-state index is 0.00342. The van der Waals surface area contributed by atoms with Crippen molar-refractivity contribution in [2.45, 2.75) is 6.92 Å². The number of rotatable bonds is 7. The molecule has 2 aromatic heterocycles. The fourth-order valence-corrected chi connectivity index (χ4v) is 2.83. The summed E-state index contributed by atoms with van der Waals surface area (Å²) in [5.41, 5.74) is 0.339. The second-order valence-corrected chi connectivity index (χ2v) is 5.98. The molecule has 0 aliphatic heterocycles. The number of carbonyl (C=O) groups is 2. The zero-order valence-corrected chi connectivity index (χ0v) is 16.1. The number of ketones is 1. The molecule has 0 atom stereocenters. The van der Waals surface area contributed by atoms with Gasteiger partial charge in [-0.15, -0.1) is 0 Å². The van der Waals surface area contributed by atoms with E-state index in [-0.39, 0.29) is 22.8 Å². The van der Waals surface area contributed by atoms with Crippen molar-refractivity contribution in [1.82, 2.24) is 4.57 Å². The summed E-state index contributed by atoms with van der Waals surface area (Å²) in [5.74, 6) is 0.0753. The van der Waals surface area contributed by atoms with Gasteiger partial charge in [-0.2, -0.15) is 5.26 Å². The van der Waals surface area contributed by atoms with Gasteiger partial charge in [0.25, 0.3) is 0 Å². The van der Waals surface area contributed by atoms with Crippen LogP contribution in [0.2, 0.25) is 0 Å². The number of benzene rings is 1. The van der Waals surface area contributed by atoms with E-state index in [4.69, 9.17) is 18.6 Å². The molecule has 0 spiro atoms. The average molecular weight is 394 g/mol. The minimum atomic E-state index is -0.810. The SMILES string of the molecule is COc1ccc(C(=O)COC(=O)c2c(C)oc(-n3cccc3)c2C#N)cc1OC. The third kappa shape index (κ3) is 3.84. The van der Waals surface area contributed by atoms with Crippen LogP contribution >= 0.6 is 0 Å². The van der Waals surface area contributed by atoms with Gasteiger partial charge in [0.05, 0.1) is 14.2 Å². The summed E-state index contributed by atoms with van der Waals surface area (Å²) in [7, 11) is 2.95. The van der Waals surface area contributed by atoms with Gasteiger partial charge in [0, 0.05) is 18.0 Å². The molecule has 0 saturated heterocycles. The van der Waals surface area contributed by atoms with Gasteiger partial charge in [-0.1, -0.05) is 0 Å². The number of hydrogen-bond donors (Lipinski definition) is 0. The van der Waals surface area contributed by atoms with E-state index in [1.54, 1.807) is 48.1 Å². The highest BCUT2D eigenvalue weighted by Gasteiger charge is 2.26. The molecule has 8 heteroatoms. The zero-order chi connectivity index (χ0) is 21.0. The molecule has 0 radical (unpaired) electrons. The van der Waals surface area contributed by atoms with Crippen LogP contribution in [0.5, 0.6) is 11.5 Å². The standard InChI is InChI=1S/C21H18N2O6/c1-13-19(15(11-22)20(29-13)23-8-4-5-9-23)21(25)28-12-16(24)14-6-7-17(26-2)18(10-14)27-3/h4-10H,12H2,1-3H3. The maximum absolute atomic E-state index is 12.5. The van der Waals surface area contributed by atoms with E-state index >= 15 is 0 Å². The lowest BCUT2D eigenvalue weighted by molar-refractivity contribution is 0.0472. The lowest BCUT2D eigenvalue weighted by atomic mass is 10.1. The number of nitriles is 1. The first-order valence-corrected chi connectivity index (χ1v) is 8.59. The number of carbonyl (C=O) groups excluding carboxylic acids is 2. The largest absolute Gasteiger partial charge is 0.493 e. The van der Waals surface area contributed by atoms with Crippen molar-refractivity contribution in [3.63, 3.8) is 0 Å². The molecule has 0 unspecified atom stereocenters. The van der Waals surface area contributed by atoms with E-state index in [1.807, 2.05) is 6.07 Å². The van der Waals surface area contributed by atoms with Crippen molar-refractivity contribution in [1.29, 1.82) is 5.26 Å². The molecule has 0 saturated carbocycles. The first-order valence-electron chi connectivity index (χ1n) is 8.59. The fourth-order valence-electron chi connectivity index (χ4n) is 2.83. The van der Waals surface area contributed by atoms with Crippen LogP contribution < -0.4 is 9.47 Å². The first kappa shape index (κ1) is 19.8. The molecule has 0 aliphatic carbocycles. The van der Waals surface area contributed by atoms with Crippen LogP contribution in [0.15, 0.2) is 47.1 Å². The van der Waals surface area contributed by atoms with Crippen LogP contribution in [0.25, 0.3) is 5.88 Å². The molecular weight excluding hydrogens is 376 g/mol. The molecule has 0 amide bonds. The smallest absolute Gasteiger partial charge is 0.343 e. The summed E-state index contributed by atoms with van der Waals surface area (Å²) in [6, 6.07) is 10.1. The number of hydrogen-bond acceptors (Lipinski definition) is 7. The van der Waals surface area contributed by atoms with Crippen molar-refractivity contribution in [2.75, 3.05) is 20.8 Å². The van der Waals surface area contributed by atoms with E-state index in [0.29, 0.717) is 17.1 Å². The van der Waals surface area contributed by atoms with Gasteiger partial charge in [-0.05, 0) is 37.3 Å². The molecule has 29 heavy (non-hydrogen) atoms. The lowest BCUT2D eigenvalue weighted by Crippen LogP contribution is -2.15. The normalized spacial score (nSPS) is 10.3. The third-order valence-corrected chi connectivity index (χ3v) is 4.26. The highest BCUT2D eigenvalue weighted by molar-refractivity contribution is 6.00. The Kier molecular flexibility index (Phi) is 5.69. The Labute approximate surface area is 166 Å². The Morgan fingerprint density at radius 2 is 1.83 bits per heavy atom. The summed E-state index contributed by atoms with van der Waals surface area (Å²) >= 11 is 0. The number of nitrogens with zero attached hydrogens (tertiary/aromatic N) is 2. The second kappa shape index (κ2) is 8.35. The van der Waals surface area contributed by atoms with Gasteiger partial charge in [0.2, 0.25) is 5.88 Å². The number of aryl methyl sites for hydroxylation is 1. The van der Waals surface area contributed by atoms with Gasteiger partial charge in [0.1, 0.15) is 23.0 Å². The fraction of sp³-hybridized carbons (Fsp3) is 0.190. The van der Waals surface area contributed by atoms with Crippen LogP contribution in [-0.4, -0.2) is 37.1 Å². The number of Topliss-reactive ketones (excluding diaryl/α,β-unsaturated/α-hetero) is 1. The molecule has 0 aliphatic rings. The van der Waals surface area contributed by atoms with Crippen molar-refractivity contribution in [3.05, 3.63) is 65.2 Å². The van der Waals surface area contributed by atoms with Crippen molar-refractivity contribution >= 4 is 11.8 Å². The number of esters is 1. The molecule has 0 bridgehead atoms. The monoisotopic (exact) mass is 394 g/mol. The Hall–Kier alpha value is -3.99. The van der Waals surface area contributed by atoms with Crippen molar-refractivity contribution in [2.24, 2.45) is 0 Å². The molecule has 0 N–H and O–H groups in total. The van der Waals surface area contributed by atoms with Gasteiger partial charge in [-0.25, -0.2) is 4.79 Å². The topological polar surface area (TPSA) is 104 Å². The maximum Gasteiger partial charge on any atom is 0.343 e. The summed E-state index contributed by atoms with van der Waals surface area (Å²) < 4.78 is 22.6. The number of ether oxygens (including phenoxy) is 3. The van der Waals surface area contributed by atoms with Crippen molar-refractivity contribution < 1.29 is 28.2 Å². The van der Waals surface area contributed by atoms with E-state index in [1.165, 1.54) is 20.3 Å². The highest BCUT2D eigenvalue weighted by Crippen LogP contribution is 2.28. The molecular formula is C21H18N2O6. The predicted octanol–water partition coefficient (Wildman–Crippen LogP) is 3.31. The molecule has 3 aromatic rings. The number of methoxy groups -OCH3 is 2. The van der Waals surface area contributed by atoms with Crippen LogP contribution in [0.1, 0.15) is 32.0 Å². The summed E-state index contributed by atoms with van der Waals surface area (Å²) in [5, 5.41) is 9.50. The number of aromatic nitrogens is 1. The number of furan rings is 1. The highest BCUT2D eigenvalue weighted by atomic mass is 16.5. The lowest BCUT2D eigenvalue weighted by Gasteiger charge is -2.09. The van der Waals surface area contributed by atoms with Crippen LogP contribution in [0, 0.1) is 18.3 Å². The summed E-state index contributed by atoms with van der Waals surface area (Å²) in [6.45, 7) is 1.06. The zero-order valence-electron chi connectivity index (χ0n) is 16.1. The first-order chi connectivity index (χ1) is 14.0. The molecule has 0 fully saturated rings. The van der Waals surface area contributed by atoms with Crippen LogP contribution in [-0.2, 0) is 4.74 Å². The van der Waals surface area contributed by atoms with Gasteiger partial charge < -0.3 is 18.6 Å². The quantitative estimate of drug-likeness (QED) is 0.447. The molecule has 2 heterocycles. The predicted molar refractivity (Wildman–Crippen MR) is 102 cm³/mol. The van der Waals surface area contributed by atoms with Gasteiger partial charge in [-0.3, -0.25) is 9.36 Å². The molecule has 1 aromatic carbocycles. The molecule has 3 rings (SSSR count).